The molecule has 0 heterocycles. The maximum absolute atomic E-state index is 9.98. The topological polar surface area (TPSA) is 20.2 Å². The molecular weight excluding hydrogens is 219 g/mol. The Balaban J connectivity index is 0.00000256. The number of phenolic OH excluding ortho intramolecular Hbond substituents is 1. The number of aromatic hydroxyl groups is 1. The quantitative estimate of drug-likeness (QED) is 0.607. The van der Waals surface area contributed by atoms with Crippen LogP contribution in [0.5, 0.6) is 5.75 Å². The van der Waals surface area contributed by atoms with Crippen LogP contribution >= 0.6 is 0 Å². The van der Waals surface area contributed by atoms with Crippen LogP contribution in [0, 0.1) is 6.92 Å². The summed E-state index contributed by atoms with van der Waals surface area (Å²) in [7, 11) is 0. The Morgan fingerprint density at radius 2 is 1.82 bits per heavy atom. The number of phenols is 1. The van der Waals surface area contributed by atoms with Gasteiger partial charge in [-0.1, -0.05) is 52.2 Å². The number of rotatable bonds is 5. The van der Waals surface area contributed by atoms with Gasteiger partial charge in [0, 0.05) is 29.6 Å². The van der Waals surface area contributed by atoms with Crippen LogP contribution in [-0.2, 0) is 5.41 Å². The first kappa shape index (κ1) is 17.0. The third kappa shape index (κ3) is 5.03. The van der Waals surface area contributed by atoms with Crippen molar-refractivity contribution in [2.75, 3.05) is 0 Å². The van der Waals surface area contributed by atoms with E-state index < -0.39 is 0 Å². The number of benzene rings is 1. The van der Waals surface area contributed by atoms with E-state index in [1.54, 1.807) is 0 Å². The Morgan fingerprint density at radius 3 is 2.35 bits per heavy atom. The van der Waals surface area contributed by atoms with Crippen LogP contribution in [0.1, 0.15) is 57.6 Å². The van der Waals surface area contributed by atoms with Crippen molar-refractivity contribution in [1.29, 1.82) is 0 Å². The van der Waals surface area contributed by atoms with Gasteiger partial charge >= 0.3 is 0 Å². The van der Waals surface area contributed by atoms with Crippen LogP contribution in [0.2, 0.25) is 0 Å². The number of hydrogen-bond donors (Lipinski definition) is 1. The van der Waals surface area contributed by atoms with Gasteiger partial charge < -0.3 is 5.11 Å². The summed E-state index contributed by atoms with van der Waals surface area (Å²) >= 11 is 0. The molecule has 0 amide bonds. The van der Waals surface area contributed by atoms with Crippen molar-refractivity contribution in [2.45, 2.75) is 58.8 Å². The minimum atomic E-state index is 0. The standard InChI is InChI=1S/C15H24O.Na/c1-5-6-7-10-15(3,4)13-9-8-12(2)11-14(13)16;/h8-9,11,16H,5-7,10H2,1-4H3;. The molecule has 0 aliphatic rings. The molecule has 0 unspecified atom stereocenters. The first-order valence-electron chi connectivity index (χ1n) is 6.27. The zero-order chi connectivity index (χ0) is 12.2. The van der Waals surface area contributed by atoms with Crippen LogP contribution in [-0.4, -0.2) is 34.7 Å². The fourth-order valence-electron chi connectivity index (χ4n) is 2.17. The molecule has 0 aromatic heterocycles. The van der Waals surface area contributed by atoms with Gasteiger partial charge in [-0.05, 0) is 36.0 Å². The van der Waals surface area contributed by atoms with Crippen LogP contribution in [0.3, 0.4) is 0 Å². The van der Waals surface area contributed by atoms with Crippen molar-refractivity contribution in [1.82, 2.24) is 0 Å². The molecule has 1 aromatic rings. The van der Waals surface area contributed by atoms with Gasteiger partial charge in [-0.2, -0.15) is 0 Å². The second-order valence-electron chi connectivity index (χ2n) is 5.36. The average Bonchev–Trinajstić information content (AvgIpc) is 2.17. The van der Waals surface area contributed by atoms with E-state index in [-0.39, 0.29) is 35.0 Å². The third-order valence-corrected chi connectivity index (χ3v) is 3.29. The molecule has 91 valence electrons. The predicted molar refractivity (Wildman–Crippen MR) is 75.8 cm³/mol. The van der Waals surface area contributed by atoms with Crippen LogP contribution in [0.4, 0.5) is 0 Å². The fourth-order valence-corrected chi connectivity index (χ4v) is 2.17. The maximum atomic E-state index is 9.98. The summed E-state index contributed by atoms with van der Waals surface area (Å²) in [5.41, 5.74) is 2.27. The van der Waals surface area contributed by atoms with Crippen molar-refractivity contribution in [2.24, 2.45) is 0 Å². The molecule has 0 atom stereocenters. The summed E-state index contributed by atoms with van der Waals surface area (Å²) in [6.45, 7) is 8.66. The normalized spacial score (nSPS) is 11.1. The Bertz CT molecular complexity index is 345. The molecule has 1 rings (SSSR count). The summed E-state index contributed by atoms with van der Waals surface area (Å²) < 4.78 is 0. The molecule has 0 fully saturated rings. The van der Waals surface area contributed by atoms with E-state index in [2.05, 4.69) is 32.9 Å². The van der Waals surface area contributed by atoms with E-state index in [1.165, 1.54) is 19.3 Å². The average molecular weight is 243 g/mol. The molecule has 0 saturated heterocycles. The molecular formula is C15H24NaO. The summed E-state index contributed by atoms with van der Waals surface area (Å²) in [4.78, 5) is 0. The van der Waals surface area contributed by atoms with E-state index in [9.17, 15) is 5.11 Å². The monoisotopic (exact) mass is 243 g/mol. The predicted octanol–water partition coefficient (Wildman–Crippen LogP) is 4.18. The zero-order valence-electron chi connectivity index (χ0n) is 12.0. The van der Waals surface area contributed by atoms with Gasteiger partial charge in [-0.25, -0.2) is 0 Å². The largest absolute Gasteiger partial charge is 0.508 e. The molecule has 0 spiro atoms. The van der Waals surface area contributed by atoms with Crippen LogP contribution in [0.25, 0.3) is 0 Å². The molecule has 0 bridgehead atoms. The zero-order valence-corrected chi connectivity index (χ0v) is 14.0. The fraction of sp³-hybridized carbons (Fsp3) is 0.600. The molecule has 1 radical (unpaired) electrons. The molecule has 0 saturated carbocycles. The van der Waals surface area contributed by atoms with E-state index in [0.717, 1.165) is 17.5 Å². The van der Waals surface area contributed by atoms with Gasteiger partial charge in [-0.3, -0.25) is 0 Å². The second-order valence-corrected chi connectivity index (χ2v) is 5.36. The molecule has 1 N–H and O–H groups in total. The molecule has 1 nitrogen and oxygen atoms in total. The Hall–Kier alpha value is 0.0200. The molecule has 0 aliphatic heterocycles. The van der Waals surface area contributed by atoms with E-state index in [4.69, 9.17) is 0 Å². The van der Waals surface area contributed by atoms with E-state index in [1.807, 2.05) is 13.0 Å². The molecule has 2 heteroatoms. The van der Waals surface area contributed by atoms with Gasteiger partial charge in [0.25, 0.3) is 0 Å². The number of hydrogen-bond acceptors (Lipinski definition) is 1. The van der Waals surface area contributed by atoms with Crippen LogP contribution in [0.15, 0.2) is 18.2 Å². The minimum absolute atomic E-state index is 0. The Labute approximate surface area is 128 Å². The smallest absolute Gasteiger partial charge is 0.119 e. The number of unbranched alkanes of at least 4 members (excludes halogenated alkanes) is 2. The maximum Gasteiger partial charge on any atom is 0.119 e. The van der Waals surface area contributed by atoms with Gasteiger partial charge in [0.05, 0.1) is 0 Å². The first-order chi connectivity index (χ1) is 7.47. The van der Waals surface area contributed by atoms with Crippen LogP contribution < -0.4 is 0 Å². The molecule has 1 aromatic carbocycles. The molecule has 0 aliphatic carbocycles. The van der Waals surface area contributed by atoms with Crippen molar-refractivity contribution < 1.29 is 5.11 Å². The van der Waals surface area contributed by atoms with Gasteiger partial charge in [0.15, 0.2) is 0 Å². The minimum Gasteiger partial charge on any atom is -0.508 e. The SMILES string of the molecule is CCCCCC(C)(C)c1ccc(C)cc1O.[Na]. The van der Waals surface area contributed by atoms with Crippen molar-refractivity contribution in [3.8, 4) is 5.75 Å². The number of aryl methyl sites for hydroxylation is 1. The van der Waals surface area contributed by atoms with E-state index in [0.29, 0.717) is 5.75 Å². The first-order valence-corrected chi connectivity index (χ1v) is 6.27. The van der Waals surface area contributed by atoms with Crippen molar-refractivity contribution in [3.05, 3.63) is 29.3 Å². The third-order valence-electron chi connectivity index (χ3n) is 3.29. The summed E-state index contributed by atoms with van der Waals surface area (Å²) in [5.74, 6) is 0.446. The summed E-state index contributed by atoms with van der Waals surface area (Å²) in [6.07, 6.45) is 4.89. The van der Waals surface area contributed by atoms with E-state index >= 15 is 0 Å². The van der Waals surface area contributed by atoms with Gasteiger partial charge in [-0.15, -0.1) is 0 Å². The Kier molecular flexibility index (Phi) is 7.46. The van der Waals surface area contributed by atoms with Gasteiger partial charge in [0.1, 0.15) is 5.75 Å². The second kappa shape index (κ2) is 7.45. The summed E-state index contributed by atoms with van der Waals surface area (Å²) in [6, 6.07) is 6.00. The van der Waals surface area contributed by atoms with Crippen molar-refractivity contribution >= 4 is 29.6 Å². The Morgan fingerprint density at radius 1 is 1.18 bits per heavy atom. The van der Waals surface area contributed by atoms with Crippen molar-refractivity contribution in [3.63, 3.8) is 0 Å². The molecule has 17 heavy (non-hydrogen) atoms. The van der Waals surface area contributed by atoms with Gasteiger partial charge in [0.2, 0.25) is 0 Å². The summed E-state index contributed by atoms with van der Waals surface area (Å²) in [5, 5.41) is 9.98.